The number of carbonyl (C=O) groups is 3. The molecule has 40 heavy (non-hydrogen) atoms. The maximum atomic E-state index is 13.6. The van der Waals surface area contributed by atoms with Crippen LogP contribution in [-0.4, -0.2) is 64.3 Å². The molecule has 0 unspecified atom stereocenters. The summed E-state index contributed by atoms with van der Waals surface area (Å²) in [6, 6.07) is 26.9. The quantitative estimate of drug-likeness (QED) is 0.407. The Kier molecular flexibility index (Phi) is 10.1. The summed E-state index contributed by atoms with van der Waals surface area (Å²) in [4.78, 5) is 36.3. The van der Waals surface area contributed by atoms with E-state index >= 15 is 0 Å². The molecule has 0 aliphatic carbocycles. The largest absolute Gasteiger partial charge is 0.473 e. The van der Waals surface area contributed by atoms with E-state index in [-0.39, 0.29) is 5.92 Å². The van der Waals surface area contributed by atoms with Gasteiger partial charge in [-0.3, -0.25) is 9.69 Å². The Morgan fingerprint density at radius 2 is 1.38 bits per heavy atom. The summed E-state index contributed by atoms with van der Waals surface area (Å²) in [5.41, 5.74) is 3.68. The fraction of sp³-hybridized carbons (Fsp3) is 0.323. The second-order valence-electron chi connectivity index (χ2n) is 9.83. The van der Waals surface area contributed by atoms with Crippen LogP contribution < -0.4 is 9.47 Å². The molecule has 2 aliphatic heterocycles. The minimum atomic E-state index is -1.82. The average molecular weight is 547 g/mol. The van der Waals surface area contributed by atoms with E-state index in [1.807, 2.05) is 30.3 Å². The minimum absolute atomic E-state index is 0.0903. The molecule has 2 N–H and O–H groups in total. The third kappa shape index (κ3) is 8.31. The zero-order valence-electron chi connectivity index (χ0n) is 22.3. The zero-order valence-corrected chi connectivity index (χ0v) is 22.3. The van der Waals surface area contributed by atoms with Gasteiger partial charge in [0.05, 0.1) is 0 Å². The van der Waals surface area contributed by atoms with Crippen LogP contribution >= 0.6 is 0 Å². The highest BCUT2D eigenvalue weighted by atomic mass is 16.7. The van der Waals surface area contributed by atoms with Gasteiger partial charge in [-0.15, -0.1) is 0 Å². The molecule has 9 heteroatoms. The number of hydrogen-bond donors (Lipinski definition) is 2. The number of likely N-dealkylation sites (tertiary alicyclic amines) is 1. The van der Waals surface area contributed by atoms with Gasteiger partial charge >= 0.3 is 11.9 Å². The third-order valence-corrected chi connectivity index (χ3v) is 7.00. The topological polar surface area (TPSA) is 117 Å². The standard InChI is InChI=1S/C29H32N2O3.C2H2O4/c32-29(31(21-24-9-5-2-6-10-24)18-13-23-7-3-1-4-8-23)26-14-16-30(17-15-26)20-25-11-12-27-28(19-25)34-22-33-27;3-1(4)2(5)6/h1-12,19,26H,13-18,20-22H2;(H,3,4)(H,5,6). The highest BCUT2D eigenvalue weighted by molar-refractivity contribution is 6.27. The lowest BCUT2D eigenvalue weighted by Crippen LogP contribution is -2.42. The molecule has 0 saturated carbocycles. The molecular formula is C31H34N2O7. The molecule has 2 aliphatic rings. The van der Waals surface area contributed by atoms with Crippen LogP contribution in [0.25, 0.3) is 0 Å². The zero-order chi connectivity index (χ0) is 28.3. The first-order chi connectivity index (χ1) is 19.4. The van der Waals surface area contributed by atoms with Crippen LogP contribution in [0.4, 0.5) is 0 Å². The number of ether oxygens (including phenoxy) is 2. The van der Waals surface area contributed by atoms with Gasteiger partial charge in [0.25, 0.3) is 0 Å². The normalized spacial score (nSPS) is 14.6. The van der Waals surface area contributed by atoms with Crippen molar-refractivity contribution in [3.05, 3.63) is 95.6 Å². The molecule has 0 bridgehead atoms. The number of benzene rings is 3. The summed E-state index contributed by atoms with van der Waals surface area (Å²) in [5, 5.41) is 14.8. The van der Waals surface area contributed by atoms with Gasteiger partial charge in [-0.05, 0) is 61.2 Å². The molecule has 9 nitrogen and oxygen atoms in total. The van der Waals surface area contributed by atoms with E-state index < -0.39 is 11.9 Å². The van der Waals surface area contributed by atoms with Crippen molar-refractivity contribution in [1.82, 2.24) is 9.80 Å². The number of rotatable bonds is 8. The average Bonchev–Trinajstić information content (AvgIpc) is 3.45. The molecule has 1 amide bonds. The summed E-state index contributed by atoms with van der Waals surface area (Å²) in [7, 11) is 0. The van der Waals surface area contributed by atoms with Crippen LogP contribution in [0.15, 0.2) is 78.9 Å². The fourth-order valence-electron chi connectivity index (χ4n) is 4.87. The van der Waals surface area contributed by atoms with Crippen molar-refractivity contribution in [2.45, 2.75) is 32.4 Å². The first kappa shape index (κ1) is 28.6. The van der Waals surface area contributed by atoms with E-state index in [9.17, 15) is 4.79 Å². The molecule has 0 aromatic heterocycles. The van der Waals surface area contributed by atoms with Crippen LogP contribution in [0.3, 0.4) is 0 Å². The molecule has 2 heterocycles. The first-order valence-corrected chi connectivity index (χ1v) is 13.3. The van der Waals surface area contributed by atoms with Crippen molar-refractivity contribution in [2.24, 2.45) is 5.92 Å². The molecule has 3 aromatic carbocycles. The second-order valence-corrected chi connectivity index (χ2v) is 9.83. The van der Waals surface area contributed by atoms with Crippen molar-refractivity contribution >= 4 is 17.8 Å². The predicted octanol–water partition coefficient (Wildman–Crippen LogP) is 4.05. The van der Waals surface area contributed by atoms with Gasteiger partial charge in [0, 0.05) is 25.6 Å². The van der Waals surface area contributed by atoms with Crippen LogP contribution in [0.1, 0.15) is 29.5 Å². The lowest BCUT2D eigenvalue weighted by molar-refractivity contribution is -0.159. The van der Waals surface area contributed by atoms with Crippen LogP contribution in [0.2, 0.25) is 0 Å². The molecule has 3 aromatic rings. The Morgan fingerprint density at radius 3 is 2.00 bits per heavy atom. The Hall–Kier alpha value is -4.37. The number of hydrogen-bond acceptors (Lipinski definition) is 6. The SMILES string of the molecule is O=C(C1CCN(Cc2ccc3c(c2)OCO3)CC1)N(CCc1ccccc1)Cc1ccccc1.O=C(O)C(=O)O. The van der Waals surface area contributed by atoms with E-state index in [4.69, 9.17) is 29.3 Å². The number of amides is 1. The maximum absolute atomic E-state index is 13.6. The molecule has 1 saturated heterocycles. The van der Waals surface area contributed by atoms with Gasteiger partial charge in [-0.2, -0.15) is 0 Å². The Morgan fingerprint density at radius 1 is 0.775 bits per heavy atom. The highest BCUT2D eigenvalue weighted by Gasteiger charge is 2.29. The number of carbonyl (C=O) groups excluding carboxylic acids is 1. The van der Waals surface area contributed by atoms with Gasteiger partial charge in [-0.1, -0.05) is 66.7 Å². The number of carboxylic acids is 2. The third-order valence-electron chi connectivity index (χ3n) is 7.00. The van der Waals surface area contributed by atoms with E-state index in [0.717, 1.165) is 56.9 Å². The number of aliphatic carboxylic acids is 2. The second kappa shape index (κ2) is 14.1. The highest BCUT2D eigenvalue weighted by Crippen LogP contribution is 2.33. The molecular weight excluding hydrogens is 512 g/mol. The summed E-state index contributed by atoms with van der Waals surface area (Å²) in [6.45, 7) is 4.46. The Bertz CT molecular complexity index is 1260. The predicted molar refractivity (Wildman–Crippen MR) is 148 cm³/mol. The lowest BCUT2D eigenvalue weighted by atomic mass is 9.94. The van der Waals surface area contributed by atoms with Gasteiger partial charge < -0.3 is 24.6 Å². The van der Waals surface area contributed by atoms with E-state index in [0.29, 0.717) is 19.2 Å². The van der Waals surface area contributed by atoms with Gasteiger partial charge in [0.15, 0.2) is 11.5 Å². The van der Waals surface area contributed by atoms with Crippen LogP contribution in [0.5, 0.6) is 11.5 Å². The molecule has 0 spiro atoms. The Balaban J connectivity index is 0.000000557. The first-order valence-electron chi connectivity index (χ1n) is 13.3. The van der Waals surface area contributed by atoms with E-state index in [2.05, 4.69) is 58.3 Å². The van der Waals surface area contributed by atoms with Gasteiger partial charge in [0.1, 0.15) is 0 Å². The monoisotopic (exact) mass is 546 g/mol. The van der Waals surface area contributed by atoms with Crippen molar-refractivity contribution in [3.8, 4) is 11.5 Å². The summed E-state index contributed by atoms with van der Waals surface area (Å²) in [5.74, 6) is -1.61. The summed E-state index contributed by atoms with van der Waals surface area (Å²) >= 11 is 0. The molecule has 0 radical (unpaired) electrons. The summed E-state index contributed by atoms with van der Waals surface area (Å²) in [6.07, 6.45) is 2.68. The van der Waals surface area contributed by atoms with Crippen LogP contribution in [-0.2, 0) is 33.9 Å². The fourth-order valence-corrected chi connectivity index (χ4v) is 4.87. The van der Waals surface area contributed by atoms with E-state index in [1.54, 1.807) is 0 Å². The van der Waals surface area contributed by atoms with Crippen molar-refractivity contribution in [3.63, 3.8) is 0 Å². The number of piperidine rings is 1. The van der Waals surface area contributed by atoms with Gasteiger partial charge in [-0.25, -0.2) is 9.59 Å². The van der Waals surface area contributed by atoms with Crippen molar-refractivity contribution in [2.75, 3.05) is 26.4 Å². The van der Waals surface area contributed by atoms with Crippen LogP contribution in [0, 0.1) is 5.92 Å². The Labute approximate surface area is 233 Å². The van der Waals surface area contributed by atoms with Crippen molar-refractivity contribution < 1.29 is 34.1 Å². The lowest BCUT2D eigenvalue weighted by Gasteiger charge is -2.34. The maximum Gasteiger partial charge on any atom is 0.414 e. The molecule has 0 atom stereocenters. The smallest absolute Gasteiger partial charge is 0.414 e. The molecule has 5 rings (SSSR count). The number of carboxylic acid groups (broad SMARTS) is 2. The van der Waals surface area contributed by atoms with E-state index in [1.165, 1.54) is 16.7 Å². The van der Waals surface area contributed by atoms with Crippen molar-refractivity contribution in [1.29, 1.82) is 0 Å². The molecule has 210 valence electrons. The van der Waals surface area contributed by atoms with Gasteiger partial charge in [0.2, 0.25) is 12.7 Å². The number of fused-ring (bicyclic) bond motifs is 1. The molecule has 1 fully saturated rings. The minimum Gasteiger partial charge on any atom is -0.473 e. The summed E-state index contributed by atoms with van der Waals surface area (Å²) < 4.78 is 10.9. The number of nitrogens with zero attached hydrogens (tertiary/aromatic N) is 2.